The highest BCUT2D eigenvalue weighted by atomic mass is 32.2. The lowest BCUT2D eigenvalue weighted by atomic mass is 10.1. The lowest BCUT2D eigenvalue weighted by molar-refractivity contribution is 0.200. The molecule has 0 spiro atoms. The Labute approximate surface area is 89.6 Å². The fourth-order valence-corrected chi connectivity index (χ4v) is 1.97. The summed E-state index contributed by atoms with van der Waals surface area (Å²) in [6.07, 6.45) is 2.09. The molecular weight excluding hydrogens is 196 g/mol. The molecule has 0 heterocycles. The van der Waals surface area contributed by atoms with E-state index in [2.05, 4.69) is 18.4 Å². The van der Waals surface area contributed by atoms with E-state index in [-0.39, 0.29) is 0 Å². The second-order valence-electron chi connectivity index (χ2n) is 2.95. The fraction of sp³-hybridized carbons (Fsp3) is 0.455. The van der Waals surface area contributed by atoms with Crippen molar-refractivity contribution >= 4 is 11.8 Å². The van der Waals surface area contributed by atoms with Crippen LogP contribution < -0.4 is 4.74 Å². The molecule has 1 aromatic rings. The van der Waals surface area contributed by atoms with Crippen LogP contribution in [0.5, 0.6) is 5.75 Å². The van der Waals surface area contributed by atoms with Gasteiger partial charge in [0.25, 0.3) is 0 Å². The summed E-state index contributed by atoms with van der Waals surface area (Å²) in [4.78, 5) is 0. The third-order valence-corrected chi connectivity index (χ3v) is 3.07. The highest BCUT2D eigenvalue weighted by Gasteiger charge is 2.08. The van der Waals surface area contributed by atoms with Gasteiger partial charge in [0.15, 0.2) is 0 Å². The molecule has 1 aromatic carbocycles. The lowest BCUT2D eigenvalue weighted by Gasteiger charge is -2.13. The van der Waals surface area contributed by atoms with E-state index >= 15 is 0 Å². The van der Waals surface area contributed by atoms with Crippen LogP contribution >= 0.6 is 11.8 Å². The van der Waals surface area contributed by atoms with Crippen molar-refractivity contribution in [2.75, 3.05) is 27.1 Å². The van der Waals surface area contributed by atoms with Crippen molar-refractivity contribution in [1.29, 1.82) is 0 Å². The molecule has 0 aromatic heterocycles. The molecule has 0 fully saturated rings. The van der Waals surface area contributed by atoms with E-state index < -0.39 is 0 Å². The summed E-state index contributed by atoms with van der Waals surface area (Å²) >= 11 is 1.80. The van der Waals surface area contributed by atoms with E-state index in [4.69, 9.17) is 9.47 Å². The van der Waals surface area contributed by atoms with Crippen LogP contribution in [0, 0.1) is 0 Å². The van der Waals surface area contributed by atoms with Crippen molar-refractivity contribution in [3.05, 3.63) is 29.8 Å². The average molecular weight is 212 g/mol. The Morgan fingerprint density at radius 3 is 2.29 bits per heavy atom. The number of hydrogen-bond acceptors (Lipinski definition) is 3. The van der Waals surface area contributed by atoms with Gasteiger partial charge in [-0.15, -0.1) is 0 Å². The van der Waals surface area contributed by atoms with Crippen LogP contribution in [0.15, 0.2) is 24.3 Å². The smallest absolute Gasteiger partial charge is 0.118 e. The topological polar surface area (TPSA) is 18.5 Å². The van der Waals surface area contributed by atoms with E-state index in [1.165, 1.54) is 5.56 Å². The first kappa shape index (κ1) is 11.4. The van der Waals surface area contributed by atoms with Gasteiger partial charge in [0.05, 0.1) is 19.0 Å². The van der Waals surface area contributed by atoms with E-state index in [1.54, 1.807) is 26.0 Å². The fourth-order valence-electron chi connectivity index (χ4n) is 1.27. The van der Waals surface area contributed by atoms with Gasteiger partial charge in [0.2, 0.25) is 0 Å². The van der Waals surface area contributed by atoms with Crippen LogP contribution in [0.25, 0.3) is 0 Å². The molecule has 0 amide bonds. The zero-order valence-electron chi connectivity index (χ0n) is 8.82. The normalized spacial score (nSPS) is 12.5. The van der Waals surface area contributed by atoms with Gasteiger partial charge in [-0.2, -0.15) is 11.8 Å². The van der Waals surface area contributed by atoms with Gasteiger partial charge in [-0.25, -0.2) is 0 Å². The maximum Gasteiger partial charge on any atom is 0.118 e. The largest absolute Gasteiger partial charge is 0.497 e. The van der Waals surface area contributed by atoms with Crippen LogP contribution in [0.3, 0.4) is 0 Å². The van der Waals surface area contributed by atoms with E-state index in [0.717, 1.165) is 12.4 Å². The van der Waals surface area contributed by atoms with Crippen molar-refractivity contribution in [3.63, 3.8) is 0 Å². The molecule has 1 atom stereocenters. The van der Waals surface area contributed by atoms with Crippen molar-refractivity contribution in [1.82, 2.24) is 0 Å². The molecule has 0 aliphatic carbocycles. The van der Waals surface area contributed by atoms with Crippen molar-refractivity contribution in [2.45, 2.75) is 5.25 Å². The second-order valence-corrected chi connectivity index (χ2v) is 3.99. The third kappa shape index (κ3) is 2.93. The summed E-state index contributed by atoms with van der Waals surface area (Å²) < 4.78 is 10.3. The van der Waals surface area contributed by atoms with Gasteiger partial charge in [-0.05, 0) is 24.0 Å². The molecule has 2 nitrogen and oxygen atoms in total. The standard InChI is InChI=1S/C11H16O2S/c1-12-8-11(14-3)9-4-6-10(13-2)7-5-9/h4-7,11H,8H2,1-3H3. The van der Waals surface area contributed by atoms with Crippen molar-refractivity contribution < 1.29 is 9.47 Å². The first-order valence-electron chi connectivity index (χ1n) is 4.47. The van der Waals surface area contributed by atoms with Crippen LogP contribution in [-0.2, 0) is 4.74 Å². The molecule has 0 aliphatic heterocycles. The average Bonchev–Trinajstić information content (AvgIpc) is 2.26. The minimum Gasteiger partial charge on any atom is -0.497 e. The minimum absolute atomic E-state index is 0.408. The first-order valence-corrected chi connectivity index (χ1v) is 5.76. The van der Waals surface area contributed by atoms with Gasteiger partial charge in [-0.3, -0.25) is 0 Å². The summed E-state index contributed by atoms with van der Waals surface area (Å²) in [7, 11) is 3.41. The molecule has 78 valence electrons. The Morgan fingerprint density at radius 1 is 1.21 bits per heavy atom. The lowest BCUT2D eigenvalue weighted by Crippen LogP contribution is -2.01. The van der Waals surface area contributed by atoms with E-state index in [0.29, 0.717) is 5.25 Å². The molecule has 0 radical (unpaired) electrons. The zero-order valence-corrected chi connectivity index (χ0v) is 9.64. The summed E-state index contributed by atoms with van der Waals surface area (Å²) in [5, 5.41) is 0.408. The Bertz CT molecular complexity index is 258. The van der Waals surface area contributed by atoms with Gasteiger partial charge >= 0.3 is 0 Å². The molecule has 0 bridgehead atoms. The molecule has 0 aliphatic rings. The van der Waals surface area contributed by atoms with E-state index in [9.17, 15) is 0 Å². The maximum atomic E-state index is 5.15. The van der Waals surface area contributed by atoms with Crippen LogP contribution in [-0.4, -0.2) is 27.1 Å². The van der Waals surface area contributed by atoms with Crippen molar-refractivity contribution in [2.24, 2.45) is 0 Å². The number of thioether (sulfide) groups is 1. The molecule has 1 unspecified atom stereocenters. The Hall–Kier alpha value is -0.670. The highest BCUT2D eigenvalue weighted by Crippen LogP contribution is 2.27. The number of benzene rings is 1. The van der Waals surface area contributed by atoms with Crippen molar-refractivity contribution in [3.8, 4) is 5.75 Å². The van der Waals surface area contributed by atoms with Gasteiger partial charge in [0, 0.05) is 7.11 Å². The minimum atomic E-state index is 0.408. The quantitative estimate of drug-likeness (QED) is 0.747. The van der Waals surface area contributed by atoms with Gasteiger partial charge in [-0.1, -0.05) is 12.1 Å². The van der Waals surface area contributed by atoms with Crippen LogP contribution in [0.2, 0.25) is 0 Å². The molecule has 1 rings (SSSR count). The molecule has 3 heteroatoms. The first-order chi connectivity index (χ1) is 6.81. The SMILES string of the molecule is COCC(SC)c1ccc(OC)cc1. The molecule has 14 heavy (non-hydrogen) atoms. The highest BCUT2D eigenvalue weighted by molar-refractivity contribution is 7.98. The second kappa shape index (κ2) is 5.94. The Morgan fingerprint density at radius 2 is 1.86 bits per heavy atom. The van der Waals surface area contributed by atoms with E-state index in [1.807, 2.05) is 12.1 Å². The summed E-state index contributed by atoms with van der Waals surface area (Å²) in [6.45, 7) is 0.744. The molecule has 0 saturated heterocycles. The summed E-state index contributed by atoms with van der Waals surface area (Å²) in [5.74, 6) is 0.894. The number of hydrogen-bond donors (Lipinski definition) is 0. The predicted molar refractivity (Wildman–Crippen MR) is 61.1 cm³/mol. The van der Waals surface area contributed by atoms with Gasteiger partial charge in [0.1, 0.15) is 5.75 Å². The number of ether oxygens (including phenoxy) is 2. The summed E-state index contributed by atoms with van der Waals surface area (Å²) in [6, 6.07) is 8.13. The van der Waals surface area contributed by atoms with Gasteiger partial charge < -0.3 is 9.47 Å². The molecular formula is C11H16O2S. The van der Waals surface area contributed by atoms with Crippen LogP contribution in [0.4, 0.5) is 0 Å². The molecule has 0 saturated carbocycles. The molecule has 0 N–H and O–H groups in total. The maximum absolute atomic E-state index is 5.15. The Balaban J connectivity index is 2.73. The predicted octanol–water partition coefficient (Wildman–Crippen LogP) is 2.75. The zero-order chi connectivity index (χ0) is 10.4. The third-order valence-electron chi connectivity index (χ3n) is 2.09. The summed E-state index contributed by atoms with van der Waals surface area (Å²) in [5.41, 5.74) is 1.28. The monoisotopic (exact) mass is 212 g/mol. The number of rotatable bonds is 5. The Kier molecular flexibility index (Phi) is 4.84. The number of methoxy groups -OCH3 is 2. The van der Waals surface area contributed by atoms with Crippen LogP contribution in [0.1, 0.15) is 10.8 Å².